The van der Waals surface area contributed by atoms with Gasteiger partial charge < -0.3 is 4.57 Å². The molecule has 0 spiro atoms. The Balaban J connectivity index is 2.61. The van der Waals surface area contributed by atoms with Crippen molar-refractivity contribution in [1.29, 1.82) is 0 Å². The van der Waals surface area contributed by atoms with Crippen molar-refractivity contribution in [2.75, 3.05) is 0 Å². The number of carbonyl (C=O) groups is 1. The first kappa shape index (κ1) is 17.8. The molecular weight excluding hydrogens is 381 g/mol. The van der Waals surface area contributed by atoms with Crippen molar-refractivity contribution in [2.24, 2.45) is 12.5 Å². The van der Waals surface area contributed by atoms with Crippen LogP contribution in [0.15, 0.2) is 27.5 Å². The lowest BCUT2D eigenvalue weighted by atomic mass is 9.91. The Bertz CT molecular complexity index is 935. The van der Waals surface area contributed by atoms with E-state index in [0.29, 0.717) is 19.2 Å². The van der Waals surface area contributed by atoms with E-state index >= 15 is 0 Å². The summed E-state index contributed by atoms with van der Waals surface area (Å²) in [6.45, 7) is 5.46. The first-order valence-electron chi connectivity index (χ1n) is 6.98. The number of thiazole rings is 1. The minimum absolute atomic E-state index is 0.0595. The summed E-state index contributed by atoms with van der Waals surface area (Å²) in [5, 5.41) is 0. The summed E-state index contributed by atoms with van der Waals surface area (Å²) in [5.74, 6) is -0.471. The van der Waals surface area contributed by atoms with Crippen LogP contribution in [0.1, 0.15) is 26.3 Å². The highest BCUT2D eigenvalue weighted by molar-refractivity contribution is 9.10. The van der Waals surface area contributed by atoms with Crippen molar-refractivity contribution in [3.8, 4) is 0 Å². The van der Waals surface area contributed by atoms with Crippen LogP contribution in [0.2, 0.25) is 0 Å². The molecular formula is C17H17BrFNO2S. The lowest BCUT2D eigenvalue weighted by molar-refractivity contribution is -0.120. The van der Waals surface area contributed by atoms with Gasteiger partial charge in [-0.25, -0.2) is 4.39 Å². The van der Waals surface area contributed by atoms with Gasteiger partial charge in [0.05, 0.1) is 4.53 Å². The number of hydrogen-bond donors (Lipinski definition) is 0. The molecule has 0 atom stereocenters. The highest BCUT2D eigenvalue weighted by atomic mass is 79.9. The summed E-state index contributed by atoms with van der Waals surface area (Å²) in [6.07, 6.45) is 2.98. The Morgan fingerprint density at radius 2 is 2.00 bits per heavy atom. The maximum Gasteiger partial charge on any atom is 0.268 e. The fourth-order valence-electron chi connectivity index (χ4n) is 1.80. The van der Waals surface area contributed by atoms with E-state index < -0.39 is 11.2 Å². The van der Waals surface area contributed by atoms with Gasteiger partial charge in [-0.2, -0.15) is 0 Å². The third kappa shape index (κ3) is 4.06. The van der Waals surface area contributed by atoms with E-state index in [9.17, 15) is 14.0 Å². The molecule has 0 fully saturated rings. The number of rotatable bonds is 2. The van der Waals surface area contributed by atoms with Gasteiger partial charge in [0.25, 0.3) is 5.56 Å². The van der Waals surface area contributed by atoms with E-state index in [1.807, 2.05) is 20.8 Å². The van der Waals surface area contributed by atoms with Crippen molar-refractivity contribution < 1.29 is 9.18 Å². The highest BCUT2D eigenvalue weighted by Crippen LogP contribution is 2.16. The number of hydrogen-bond acceptors (Lipinski definition) is 3. The molecule has 23 heavy (non-hydrogen) atoms. The monoisotopic (exact) mass is 397 g/mol. The Kier molecular flexibility index (Phi) is 5.06. The predicted octanol–water partition coefficient (Wildman–Crippen LogP) is 2.57. The van der Waals surface area contributed by atoms with Gasteiger partial charge in [-0.1, -0.05) is 42.8 Å². The second-order valence-electron chi connectivity index (χ2n) is 6.24. The van der Waals surface area contributed by atoms with E-state index in [1.165, 1.54) is 34.1 Å². The smallest absolute Gasteiger partial charge is 0.268 e. The fraction of sp³-hybridized carbons (Fsp3) is 0.294. The molecule has 2 aromatic rings. The minimum Gasteiger partial charge on any atom is -0.302 e. The number of benzene rings is 1. The minimum atomic E-state index is -0.512. The van der Waals surface area contributed by atoms with E-state index in [2.05, 4.69) is 15.9 Å². The third-order valence-electron chi connectivity index (χ3n) is 3.30. The van der Waals surface area contributed by atoms with Gasteiger partial charge in [0.2, 0.25) is 0 Å². The van der Waals surface area contributed by atoms with Crippen LogP contribution in [0.4, 0.5) is 4.39 Å². The maximum atomic E-state index is 13.9. The van der Waals surface area contributed by atoms with Crippen molar-refractivity contribution in [1.82, 2.24) is 4.57 Å². The zero-order valence-electron chi connectivity index (χ0n) is 13.3. The first-order valence-corrected chi connectivity index (χ1v) is 8.59. The summed E-state index contributed by atoms with van der Waals surface area (Å²) in [6, 6.07) is 4.66. The van der Waals surface area contributed by atoms with Crippen LogP contribution in [-0.4, -0.2) is 10.4 Å². The van der Waals surface area contributed by atoms with Crippen molar-refractivity contribution >= 4 is 45.2 Å². The lowest BCUT2D eigenvalue weighted by Crippen LogP contribution is -2.30. The second-order valence-corrected chi connectivity index (χ2v) is 8.22. The number of ketones is 1. The molecule has 0 saturated carbocycles. The SMILES string of the molecule is Cn1c(=O)/c(=C/c2ccc(Br)cc2F)s/c1=C/C(=O)C(C)(C)C. The molecule has 1 heterocycles. The summed E-state index contributed by atoms with van der Waals surface area (Å²) in [4.78, 5) is 24.4. The van der Waals surface area contributed by atoms with Gasteiger partial charge in [0.15, 0.2) is 5.78 Å². The molecule has 0 amide bonds. The molecule has 0 aliphatic heterocycles. The average molecular weight is 398 g/mol. The Labute approximate surface area is 145 Å². The standard InChI is InChI=1S/C17H17BrFNO2S/c1-17(2,3)14(21)9-15-20(4)16(22)13(23-15)7-10-5-6-11(18)8-12(10)19/h5-9H,1-4H3/b13-7-,15-9+. The van der Waals surface area contributed by atoms with Crippen LogP contribution in [-0.2, 0) is 11.8 Å². The molecule has 6 heteroatoms. The highest BCUT2D eigenvalue weighted by Gasteiger charge is 2.19. The zero-order valence-corrected chi connectivity index (χ0v) is 15.7. The van der Waals surface area contributed by atoms with Crippen LogP contribution in [0.3, 0.4) is 0 Å². The van der Waals surface area contributed by atoms with E-state index in [4.69, 9.17) is 0 Å². The summed E-state index contributed by atoms with van der Waals surface area (Å²) in [5.41, 5.74) is -0.423. The van der Waals surface area contributed by atoms with E-state index in [0.717, 1.165) is 0 Å². The van der Waals surface area contributed by atoms with Crippen LogP contribution < -0.4 is 14.8 Å². The lowest BCUT2D eigenvalue weighted by Gasteiger charge is -2.12. The van der Waals surface area contributed by atoms with Gasteiger partial charge in [-0.3, -0.25) is 9.59 Å². The van der Waals surface area contributed by atoms with Crippen LogP contribution in [0.5, 0.6) is 0 Å². The molecule has 0 bridgehead atoms. The normalized spacial score (nSPS) is 13.7. The van der Waals surface area contributed by atoms with E-state index in [-0.39, 0.29) is 11.3 Å². The molecule has 3 nitrogen and oxygen atoms in total. The molecule has 0 saturated heterocycles. The van der Waals surface area contributed by atoms with Crippen molar-refractivity contribution in [2.45, 2.75) is 20.8 Å². The van der Waals surface area contributed by atoms with Gasteiger partial charge in [0.1, 0.15) is 10.5 Å². The average Bonchev–Trinajstić information content (AvgIpc) is 2.69. The first-order chi connectivity index (χ1) is 10.6. The van der Waals surface area contributed by atoms with Crippen molar-refractivity contribution in [3.05, 3.63) is 53.6 Å². The van der Waals surface area contributed by atoms with Crippen molar-refractivity contribution in [3.63, 3.8) is 0 Å². The molecule has 122 valence electrons. The summed E-state index contributed by atoms with van der Waals surface area (Å²) >= 11 is 4.38. The van der Waals surface area contributed by atoms with Crippen LogP contribution in [0.25, 0.3) is 12.2 Å². The topological polar surface area (TPSA) is 39.1 Å². The molecule has 1 aromatic heterocycles. The molecule has 0 unspecified atom stereocenters. The van der Waals surface area contributed by atoms with Crippen LogP contribution >= 0.6 is 27.3 Å². The zero-order chi connectivity index (χ0) is 17.4. The largest absolute Gasteiger partial charge is 0.302 e. The number of Topliss-reactive ketones (excluding diaryl/α,β-unsaturated/α-hetero) is 1. The molecule has 2 rings (SSSR count). The summed E-state index contributed by atoms with van der Waals surface area (Å²) in [7, 11) is 1.61. The Morgan fingerprint density at radius 1 is 1.35 bits per heavy atom. The van der Waals surface area contributed by atoms with Gasteiger partial charge >= 0.3 is 0 Å². The van der Waals surface area contributed by atoms with Gasteiger partial charge in [0, 0.05) is 28.6 Å². The Morgan fingerprint density at radius 3 is 2.57 bits per heavy atom. The quantitative estimate of drug-likeness (QED) is 0.780. The molecule has 0 aliphatic carbocycles. The summed E-state index contributed by atoms with van der Waals surface area (Å²) < 4.78 is 16.9. The molecule has 0 aliphatic rings. The number of halogens is 2. The van der Waals surface area contributed by atoms with E-state index in [1.54, 1.807) is 19.2 Å². The molecule has 1 aromatic carbocycles. The maximum absolute atomic E-state index is 13.9. The Hall–Kier alpha value is -1.53. The molecule has 0 radical (unpaired) electrons. The van der Waals surface area contributed by atoms with Gasteiger partial charge in [-0.15, -0.1) is 11.3 Å². The number of nitrogens with zero attached hydrogens (tertiary/aromatic N) is 1. The molecule has 0 N–H and O–H groups in total. The van der Waals surface area contributed by atoms with Crippen LogP contribution in [0, 0.1) is 11.2 Å². The predicted molar refractivity (Wildman–Crippen MR) is 95.4 cm³/mol. The van der Waals surface area contributed by atoms with Gasteiger partial charge in [-0.05, 0) is 18.2 Å². The second kappa shape index (κ2) is 6.53. The third-order valence-corrected chi connectivity index (χ3v) is 4.91. The fourth-order valence-corrected chi connectivity index (χ4v) is 3.15. The number of carbonyl (C=O) groups excluding carboxylic acids is 1. The number of aromatic nitrogens is 1.